The van der Waals surface area contributed by atoms with Crippen LogP contribution < -0.4 is 0 Å². The van der Waals surface area contributed by atoms with Crippen LogP contribution in [0.5, 0.6) is 0 Å². The first kappa shape index (κ1) is 14.2. The molecule has 0 aliphatic carbocycles. The van der Waals surface area contributed by atoms with Gasteiger partial charge in [-0.15, -0.1) is 0 Å². The van der Waals surface area contributed by atoms with Gasteiger partial charge in [-0.1, -0.05) is 55.2 Å². The fourth-order valence-corrected chi connectivity index (χ4v) is 1.37. The van der Waals surface area contributed by atoms with Gasteiger partial charge in [0, 0.05) is 10.8 Å². The predicted octanol–water partition coefficient (Wildman–Crippen LogP) is 3.71. The smallest absolute Gasteiger partial charge is 0.306 e. The number of carbonyl (C=O) groups excluding carboxylic acids is 1. The topological polar surface area (TPSA) is 26.3 Å². The highest BCUT2D eigenvalue weighted by molar-refractivity contribution is 14.1. The number of hydrogen-bond acceptors (Lipinski definition) is 2. The average molecular weight is 312 g/mol. The first-order chi connectivity index (χ1) is 6.70. The van der Waals surface area contributed by atoms with Gasteiger partial charge in [0.05, 0.1) is 0 Å². The SMILES string of the molecule is CCCCCCCC(=O)OC(C)CI. The van der Waals surface area contributed by atoms with Crippen molar-refractivity contribution in [1.82, 2.24) is 0 Å². The van der Waals surface area contributed by atoms with E-state index in [1.165, 1.54) is 19.3 Å². The highest BCUT2D eigenvalue weighted by atomic mass is 127. The van der Waals surface area contributed by atoms with E-state index >= 15 is 0 Å². The zero-order chi connectivity index (χ0) is 10.8. The van der Waals surface area contributed by atoms with E-state index in [1.807, 2.05) is 6.92 Å². The van der Waals surface area contributed by atoms with Crippen molar-refractivity contribution in [2.75, 3.05) is 4.43 Å². The number of halogens is 1. The lowest BCUT2D eigenvalue weighted by atomic mass is 10.1. The number of hydrogen-bond donors (Lipinski definition) is 0. The van der Waals surface area contributed by atoms with E-state index in [-0.39, 0.29) is 12.1 Å². The quantitative estimate of drug-likeness (QED) is 0.295. The van der Waals surface area contributed by atoms with Crippen molar-refractivity contribution in [3.8, 4) is 0 Å². The van der Waals surface area contributed by atoms with Crippen LogP contribution in [0.25, 0.3) is 0 Å². The molecule has 0 aliphatic heterocycles. The monoisotopic (exact) mass is 312 g/mol. The molecule has 0 rings (SSSR count). The van der Waals surface area contributed by atoms with Gasteiger partial charge in [0.2, 0.25) is 0 Å². The third kappa shape index (κ3) is 8.78. The summed E-state index contributed by atoms with van der Waals surface area (Å²) in [4.78, 5) is 11.2. The molecule has 0 saturated heterocycles. The van der Waals surface area contributed by atoms with Crippen LogP contribution in [0, 0.1) is 0 Å². The van der Waals surface area contributed by atoms with Gasteiger partial charge in [0.25, 0.3) is 0 Å². The van der Waals surface area contributed by atoms with E-state index in [0.717, 1.165) is 17.3 Å². The standard InChI is InChI=1S/C11H21IO2/c1-3-4-5-6-7-8-11(13)14-10(2)9-12/h10H,3-9H2,1-2H3. The van der Waals surface area contributed by atoms with Crippen LogP contribution in [-0.2, 0) is 9.53 Å². The van der Waals surface area contributed by atoms with Crippen molar-refractivity contribution >= 4 is 28.6 Å². The number of carbonyl (C=O) groups is 1. The third-order valence-electron chi connectivity index (χ3n) is 2.03. The van der Waals surface area contributed by atoms with Crippen molar-refractivity contribution in [3.63, 3.8) is 0 Å². The molecule has 0 spiro atoms. The average Bonchev–Trinajstić information content (AvgIpc) is 2.17. The Morgan fingerprint density at radius 3 is 2.50 bits per heavy atom. The Hall–Kier alpha value is 0.200. The Balaban J connectivity index is 3.27. The maximum Gasteiger partial charge on any atom is 0.306 e. The normalized spacial score (nSPS) is 12.5. The summed E-state index contributed by atoms with van der Waals surface area (Å²) in [5.41, 5.74) is 0. The lowest BCUT2D eigenvalue weighted by Gasteiger charge is -2.09. The molecule has 0 aromatic heterocycles. The molecule has 1 unspecified atom stereocenters. The van der Waals surface area contributed by atoms with Crippen LogP contribution in [0.1, 0.15) is 52.4 Å². The van der Waals surface area contributed by atoms with Gasteiger partial charge in [0.1, 0.15) is 6.10 Å². The van der Waals surface area contributed by atoms with Crippen LogP contribution in [0.15, 0.2) is 0 Å². The van der Waals surface area contributed by atoms with Gasteiger partial charge in [-0.3, -0.25) is 4.79 Å². The summed E-state index contributed by atoms with van der Waals surface area (Å²) in [5, 5.41) is 0. The maximum absolute atomic E-state index is 11.2. The molecule has 2 nitrogen and oxygen atoms in total. The molecule has 3 heteroatoms. The number of alkyl halides is 1. The lowest BCUT2D eigenvalue weighted by molar-refractivity contribution is -0.147. The first-order valence-electron chi connectivity index (χ1n) is 5.46. The Morgan fingerprint density at radius 2 is 1.93 bits per heavy atom. The van der Waals surface area contributed by atoms with E-state index in [0.29, 0.717) is 6.42 Å². The summed E-state index contributed by atoms with van der Waals surface area (Å²) in [6.07, 6.45) is 6.55. The highest BCUT2D eigenvalue weighted by Crippen LogP contribution is 2.07. The first-order valence-corrected chi connectivity index (χ1v) is 6.98. The second-order valence-electron chi connectivity index (χ2n) is 3.62. The van der Waals surface area contributed by atoms with Crippen LogP contribution in [0.3, 0.4) is 0 Å². The van der Waals surface area contributed by atoms with Crippen molar-refractivity contribution in [2.24, 2.45) is 0 Å². The highest BCUT2D eigenvalue weighted by Gasteiger charge is 2.06. The van der Waals surface area contributed by atoms with Crippen LogP contribution in [0.2, 0.25) is 0 Å². The summed E-state index contributed by atoms with van der Waals surface area (Å²) >= 11 is 2.23. The number of unbranched alkanes of at least 4 members (excludes halogenated alkanes) is 4. The minimum Gasteiger partial charge on any atom is -0.462 e. The molecule has 0 aromatic rings. The van der Waals surface area contributed by atoms with Crippen molar-refractivity contribution in [2.45, 2.75) is 58.5 Å². The van der Waals surface area contributed by atoms with Crippen molar-refractivity contribution in [1.29, 1.82) is 0 Å². The van der Waals surface area contributed by atoms with Gasteiger partial charge in [-0.25, -0.2) is 0 Å². The Morgan fingerprint density at radius 1 is 1.29 bits per heavy atom. The molecular formula is C11H21IO2. The largest absolute Gasteiger partial charge is 0.462 e. The molecule has 84 valence electrons. The molecule has 0 N–H and O–H groups in total. The summed E-state index contributed by atoms with van der Waals surface area (Å²) < 4.78 is 6.03. The van der Waals surface area contributed by atoms with Gasteiger partial charge in [0.15, 0.2) is 0 Å². The van der Waals surface area contributed by atoms with E-state index < -0.39 is 0 Å². The summed E-state index contributed by atoms with van der Waals surface area (Å²) in [5.74, 6) is -0.0364. The van der Waals surface area contributed by atoms with Gasteiger partial charge in [-0.05, 0) is 13.3 Å². The third-order valence-corrected chi connectivity index (χ3v) is 3.27. The van der Waals surface area contributed by atoms with E-state index in [1.54, 1.807) is 0 Å². The second kappa shape index (κ2) is 9.74. The van der Waals surface area contributed by atoms with Crippen molar-refractivity contribution < 1.29 is 9.53 Å². The zero-order valence-electron chi connectivity index (χ0n) is 9.22. The van der Waals surface area contributed by atoms with E-state index in [9.17, 15) is 4.79 Å². The minimum absolute atomic E-state index is 0.0364. The van der Waals surface area contributed by atoms with E-state index in [4.69, 9.17) is 4.74 Å². The molecule has 0 aromatic carbocycles. The Labute approximate surface area is 101 Å². The van der Waals surface area contributed by atoms with Gasteiger partial charge in [-0.2, -0.15) is 0 Å². The van der Waals surface area contributed by atoms with Crippen molar-refractivity contribution in [3.05, 3.63) is 0 Å². The molecule has 0 bridgehead atoms. The number of esters is 1. The van der Waals surface area contributed by atoms with Crippen LogP contribution in [0.4, 0.5) is 0 Å². The van der Waals surface area contributed by atoms with Gasteiger partial charge < -0.3 is 4.74 Å². The minimum atomic E-state index is -0.0364. The maximum atomic E-state index is 11.2. The second-order valence-corrected chi connectivity index (χ2v) is 4.50. The predicted molar refractivity (Wildman–Crippen MR) is 67.8 cm³/mol. The molecule has 1 atom stereocenters. The van der Waals surface area contributed by atoms with Gasteiger partial charge >= 0.3 is 5.97 Å². The fraction of sp³-hybridized carbons (Fsp3) is 0.909. The molecule has 0 amide bonds. The Kier molecular flexibility index (Phi) is 9.88. The number of ether oxygens (including phenoxy) is 1. The Bertz CT molecular complexity index is 148. The molecule has 0 heterocycles. The summed E-state index contributed by atoms with van der Waals surface area (Å²) in [6, 6.07) is 0. The van der Waals surface area contributed by atoms with Crippen LogP contribution in [-0.4, -0.2) is 16.5 Å². The number of rotatable bonds is 8. The summed E-state index contributed by atoms with van der Waals surface area (Å²) in [7, 11) is 0. The van der Waals surface area contributed by atoms with Crippen LogP contribution >= 0.6 is 22.6 Å². The molecule has 0 radical (unpaired) electrons. The summed E-state index contributed by atoms with van der Waals surface area (Å²) in [6.45, 7) is 4.12. The fourth-order valence-electron chi connectivity index (χ4n) is 1.19. The molecule has 0 fully saturated rings. The zero-order valence-corrected chi connectivity index (χ0v) is 11.4. The lowest BCUT2D eigenvalue weighted by Crippen LogP contribution is -2.15. The molecular weight excluding hydrogens is 291 g/mol. The molecule has 14 heavy (non-hydrogen) atoms. The van der Waals surface area contributed by atoms with E-state index in [2.05, 4.69) is 29.5 Å². The molecule has 0 aliphatic rings. The molecule has 0 saturated carbocycles.